The van der Waals surface area contributed by atoms with Gasteiger partial charge in [0, 0.05) is 11.9 Å². The molecule has 0 radical (unpaired) electrons. The number of nitrogens with one attached hydrogen (secondary N) is 2. The highest BCUT2D eigenvalue weighted by atomic mass is 32.1. The summed E-state index contributed by atoms with van der Waals surface area (Å²) in [6.45, 7) is 7.71. The van der Waals surface area contributed by atoms with E-state index in [1.165, 1.54) is 11.3 Å². The molecule has 0 atom stereocenters. The summed E-state index contributed by atoms with van der Waals surface area (Å²) in [4.78, 5) is 28.5. The van der Waals surface area contributed by atoms with Crippen molar-refractivity contribution in [1.82, 2.24) is 15.6 Å². The molecule has 2 amide bonds. The molecule has 1 heterocycles. The first-order valence-electron chi connectivity index (χ1n) is 7.91. The van der Waals surface area contributed by atoms with Gasteiger partial charge in [0.1, 0.15) is 11.3 Å². The Balaban J connectivity index is 1.96. The molecule has 1 saturated carbocycles. The number of amides is 2. The number of hydrogen-bond donors (Lipinski definition) is 2. The Morgan fingerprint density at radius 2 is 2.00 bits per heavy atom. The van der Waals surface area contributed by atoms with Crippen molar-refractivity contribution in [1.29, 1.82) is 0 Å². The number of rotatable bonds is 4. The van der Waals surface area contributed by atoms with Crippen LogP contribution >= 0.6 is 11.3 Å². The van der Waals surface area contributed by atoms with Gasteiger partial charge < -0.3 is 15.4 Å². The molecule has 0 unspecified atom stereocenters. The second kappa shape index (κ2) is 6.86. The highest BCUT2D eigenvalue weighted by Gasteiger charge is 2.36. The van der Waals surface area contributed by atoms with Crippen LogP contribution in [0.2, 0.25) is 0 Å². The molecule has 2 rings (SSSR count). The molecular weight excluding hydrogens is 314 g/mol. The molecule has 1 aromatic heterocycles. The van der Waals surface area contributed by atoms with E-state index < -0.39 is 17.2 Å². The lowest BCUT2D eigenvalue weighted by molar-refractivity contribution is 0.0504. The SMILES string of the molecule is Cc1nc(C(=O)NC2(CNC(=O)OC(C)(C)C)CCCC2)cs1. The first kappa shape index (κ1) is 17.7. The van der Waals surface area contributed by atoms with Gasteiger partial charge in [-0.3, -0.25) is 4.79 Å². The van der Waals surface area contributed by atoms with Crippen LogP contribution in [0.25, 0.3) is 0 Å². The first-order valence-corrected chi connectivity index (χ1v) is 8.79. The third-order valence-electron chi connectivity index (χ3n) is 3.76. The number of carbonyl (C=O) groups is 2. The lowest BCUT2D eigenvalue weighted by atomic mass is 9.97. The molecule has 1 fully saturated rings. The maximum atomic E-state index is 12.4. The Morgan fingerprint density at radius 1 is 1.35 bits per heavy atom. The third-order valence-corrected chi connectivity index (χ3v) is 4.53. The second-order valence-corrected chi connectivity index (χ2v) is 8.11. The van der Waals surface area contributed by atoms with Crippen LogP contribution in [0.5, 0.6) is 0 Å². The highest BCUT2D eigenvalue weighted by Crippen LogP contribution is 2.29. The van der Waals surface area contributed by atoms with E-state index in [2.05, 4.69) is 15.6 Å². The number of carbonyl (C=O) groups excluding carboxylic acids is 2. The van der Waals surface area contributed by atoms with Crippen molar-refractivity contribution in [2.75, 3.05) is 6.54 Å². The Hall–Kier alpha value is -1.63. The molecule has 0 bridgehead atoms. The summed E-state index contributed by atoms with van der Waals surface area (Å²) in [6.07, 6.45) is 3.30. The van der Waals surface area contributed by atoms with Gasteiger partial charge in [-0.1, -0.05) is 12.8 Å². The van der Waals surface area contributed by atoms with E-state index in [9.17, 15) is 9.59 Å². The van der Waals surface area contributed by atoms with Crippen molar-refractivity contribution in [3.05, 3.63) is 16.1 Å². The van der Waals surface area contributed by atoms with Crippen molar-refractivity contribution >= 4 is 23.3 Å². The second-order valence-electron chi connectivity index (χ2n) is 7.05. The zero-order valence-electron chi connectivity index (χ0n) is 14.2. The van der Waals surface area contributed by atoms with Crippen LogP contribution in [-0.2, 0) is 4.74 Å². The third kappa shape index (κ3) is 5.20. The minimum atomic E-state index is -0.533. The van der Waals surface area contributed by atoms with E-state index in [4.69, 9.17) is 4.74 Å². The Kier molecular flexibility index (Phi) is 5.29. The largest absolute Gasteiger partial charge is 0.444 e. The smallest absolute Gasteiger partial charge is 0.407 e. The molecule has 2 N–H and O–H groups in total. The fraction of sp³-hybridized carbons (Fsp3) is 0.688. The Labute approximate surface area is 141 Å². The molecule has 0 saturated heterocycles. The van der Waals surface area contributed by atoms with Gasteiger partial charge in [-0.2, -0.15) is 0 Å². The van der Waals surface area contributed by atoms with Crippen LogP contribution in [0.4, 0.5) is 4.79 Å². The molecule has 23 heavy (non-hydrogen) atoms. The first-order chi connectivity index (χ1) is 10.7. The van der Waals surface area contributed by atoms with Crippen molar-refractivity contribution in [2.24, 2.45) is 0 Å². The summed E-state index contributed by atoms with van der Waals surface area (Å²) in [5.41, 5.74) is -0.504. The standard InChI is InChI=1S/C16H25N3O3S/c1-11-18-12(9-23-11)13(20)19-16(7-5-6-8-16)10-17-14(21)22-15(2,3)4/h9H,5-8,10H2,1-4H3,(H,17,21)(H,19,20). The van der Waals surface area contributed by atoms with Crippen LogP contribution in [0, 0.1) is 6.92 Å². The quantitative estimate of drug-likeness (QED) is 0.883. The average molecular weight is 339 g/mol. The molecule has 0 spiro atoms. The van der Waals surface area contributed by atoms with Crippen molar-refractivity contribution in [2.45, 2.75) is 64.5 Å². The summed E-state index contributed by atoms with van der Waals surface area (Å²) in [5.74, 6) is -0.178. The van der Waals surface area contributed by atoms with Gasteiger partial charge in [-0.05, 0) is 40.5 Å². The van der Waals surface area contributed by atoms with Crippen molar-refractivity contribution < 1.29 is 14.3 Å². The van der Waals surface area contributed by atoms with Gasteiger partial charge in [-0.15, -0.1) is 11.3 Å². The molecule has 7 heteroatoms. The summed E-state index contributed by atoms with van der Waals surface area (Å²) in [5, 5.41) is 8.49. The molecular formula is C16H25N3O3S. The van der Waals surface area contributed by atoms with E-state index in [1.807, 2.05) is 27.7 Å². The van der Waals surface area contributed by atoms with Crippen LogP contribution in [0.15, 0.2) is 5.38 Å². The topological polar surface area (TPSA) is 80.3 Å². The zero-order chi connectivity index (χ0) is 17.1. The fourth-order valence-electron chi connectivity index (χ4n) is 2.73. The van der Waals surface area contributed by atoms with Crippen LogP contribution in [0.3, 0.4) is 0 Å². The molecule has 0 aliphatic heterocycles. The minimum absolute atomic E-state index is 0.178. The van der Waals surface area contributed by atoms with E-state index in [-0.39, 0.29) is 5.91 Å². The Morgan fingerprint density at radius 3 is 2.52 bits per heavy atom. The van der Waals surface area contributed by atoms with E-state index in [0.717, 1.165) is 30.7 Å². The number of hydrogen-bond acceptors (Lipinski definition) is 5. The number of alkyl carbamates (subject to hydrolysis) is 1. The number of nitrogens with zero attached hydrogens (tertiary/aromatic N) is 1. The number of thiazole rings is 1. The van der Waals surface area contributed by atoms with E-state index in [1.54, 1.807) is 5.38 Å². The average Bonchev–Trinajstić information content (AvgIpc) is 3.04. The number of aryl methyl sites for hydroxylation is 1. The van der Waals surface area contributed by atoms with Gasteiger partial charge in [-0.25, -0.2) is 9.78 Å². The van der Waals surface area contributed by atoms with Gasteiger partial charge in [0.25, 0.3) is 5.91 Å². The maximum absolute atomic E-state index is 12.4. The molecule has 0 aromatic carbocycles. The van der Waals surface area contributed by atoms with Crippen LogP contribution < -0.4 is 10.6 Å². The van der Waals surface area contributed by atoms with Gasteiger partial charge in [0.05, 0.1) is 10.5 Å². The fourth-order valence-corrected chi connectivity index (χ4v) is 3.32. The van der Waals surface area contributed by atoms with E-state index >= 15 is 0 Å². The number of aromatic nitrogens is 1. The predicted molar refractivity (Wildman–Crippen MR) is 89.8 cm³/mol. The summed E-state index contributed by atoms with van der Waals surface area (Å²) < 4.78 is 5.26. The van der Waals surface area contributed by atoms with Crippen molar-refractivity contribution in [3.63, 3.8) is 0 Å². The Bertz CT molecular complexity index is 571. The van der Waals surface area contributed by atoms with E-state index in [0.29, 0.717) is 12.2 Å². The maximum Gasteiger partial charge on any atom is 0.407 e. The van der Waals surface area contributed by atoms with Crippen LogP contribution in [-0.4, -0.2) is 34.7 Å². The van der Waals surface area contributed by atoms with Gasteiger partial charge in [0.2, 0.25) is 0 Å². The minimum Gasteiger partial charge on any atom is -0.444 e. The lowest BCUT2D eigenvalue weighted by Gasteiger charge is -2.31. The van der Waals surface area contributed by atoms with Gasteiger partial charge in [0.15, 0.2) is 0 Å². The van der Waals surface area contributed by atoms with Crippen LogP contribution in [0.1, 0.15) is 62.0 Å². The molecule has 128 valence electrons. The summed E-state index contributed by atoms with van der Waals surface area (Å²) in [6, 6.07) is 0. The monoisotopic (exact) mass is 339 g/mol. The van der Waals surface area contributed by atoms with Crippen molar-refractivity contribution in [3.8, 4) is 0 Å². The molecule has 1 aliphatic carbocycles. The summed E-state index contributed by atoms with van der Waals surface area (Å²) >= 11 is 1.45. The normalized spacial score (nSPS) is 16.9. The number of ether oxygens (including phenoxy) is 1. The zero-order valence-corrected chi connectivity index (χ0v) is 15.0. The molecule has 1 aromatic rings. The lowest BCUT2D eigenvalue weighted by Crippen LogP contribution is -2.54. The predicted octanol–water partition coefficient (Wildman–Crippen LogP) is 3.02. The van der Waals surface area contributed by atoms with Gasteiger partial charge >= 0.3 is 6.09 Å². The molecule has 1 aliphatic rings. The highest BCUT2D eigenvalue weighted by molar-refractivity contribution is 7.09. The molecule has 6 nitrogen and oxygen atoms in total. The summed E-state index contributed by atoms with van der Waals surface area (Å²) in [7, 11) is 0.